The van der Waals surface area contributed by atoms with Crippen molar-refractivity contribution in [1.82, 2.24) is 5.32 Å². The number of benzene rings is 1. The fraction of sp³-hybridized carbons (Fsp3) is 0.611. The van der Waals surface area contributed by atoms with Crippen LogP contribution in [-0.2, 0) is 14.3 Å². The second-order valence-electron chi connectivity index (χ2n) is 6.32. The highest BCUT2D eigenvalue weighted by Gasteiger charge is 2.29. The molecule has 1 aromatic carbocycles. The van der Waals surface area contributed by atoms with Crippen LogP contribution in [-0.4, -0.2) is 31.3 Å². The van der Waals surface area contributed by atoms with E-state index >= 15 is 0 Å². The molecule has 2 aliphatic rings. The maximum Gasteiger partial charge on any atom is 0.220 e. The summed E-state index contributed by atoms with van der Waals surface area (Å²) in [5.74, 6) is -0.269. The largest absolute Gasteiger partial charge is 0.378 e. The van der Waals surface area contributed by atoms with Gasteiger partial charge in [0.15, 0.2) is 0 Å². The van der Waals surface area contributed by atoms with Gasteiger partial charge in [-0.1, -0.05) is 12.1 Å². The lowest BCUT2D eigenvalue weighted by Gasteiger charge is -2.25. The first kappa shape index (κ1) is 16.4. The Hall–Kier alpha value is -1.46. The van der Waals surface area contributed by atoms with Crippen molar-refractivity contribution in [3.8, 4) is 0 Å². The Morgan fingerprint density at radius 3 is 2.57 bits per heavy atom. The Kier molecular flexibility index (Phi) is 5.62. The van der Waals surface area contributed by atoms with Gasteiger partial charge in [-0.25, -0.2) is 4.39 Å². The van der Waals surface area contributed by atoms with Gasteiger partial charge in [0.25, 0.3) is 0 Å². The second kappa shape index (κ2) is 7.88. The predicted octanol–water partition coefficient (Wildman–Crippen LogP) is 3.12. The SMILES string of the molecule is O=C(CCC1CCCO1)NC(c1ccc(F)cc1)C1CCCO1. The molecule has 3 atom stereocenters. The van der Waals surface area contributed by atoms with Crippen LogP contribution in [0, 0.1) is 5.82 Å². The number of rotatable bonds is 6. The lowest BCUT2D eigenvalue weighted by atomic mass is 9.98. The van der Waals surface area contributed by atoms with Crippen LogP contribution in [0.3, 0.4) is 0 Å². The highest BCUT2D eigenvalue weighted by atomic mass is 19.1. The molecular weight excluding hydrogens is 297 g/mol. The lowest BCUT2D eigenvalue weighted by molar-refractivity contribution is -0.123. The van der Waals surface area contributed by atoms with Gasteiger partial charge in [-0.05, 0) is 49.8 Å². The monoisotopic (exact) mass is 321 g/mol. The summed E-state index contributed by atoms with van der Waals surface area (Å²) < 4.78 is 24.5. The van der Waals surface area contributed by atoms with E-state index < -0.39 is 0 Å². The molecule has 3 unspecified atom stereocenters. The maximum absolute atomic E-state index is 13.2. The van der Waals surface area contributed by atoms with E-state index in [0.717, 1.165) is 44.3 Å². The molecule has 0 radical (unpaired) electrons. The summed E-state index contributed by atoms with van der Waals surface area (Å²) in [5, 5.41) is 3.08. The second-order valence-corrected chi connectivity index (χ2v) is 6.32. The van der Waals surface area contributed by atoms with Crippen molar-refractivity contribution >= 4 is 5.91 Å². The number of carbonyl (C=O) groups excluding carboxylic acids is 1. The van der Waals surface area contributed by atoms with Gasteiger partial charge in [0, 0.05) is 19.6 Å². The van der Waals surface area contributed by atoms with Crippen molar-refractivity contribution < 1.29 is 18.7 Å². The van der Waals surface area contributed by atoms with E-state index in [-0.39, 0.29) is 30.0 Å². The summed E-state index contributed by atoms with van der Waals surface area (Å²) in [6, 6.07) is 6.09. The Bertz CT molecular complexity index is 508. The number of hydrogen-bond acceptors (Lipinski definition) is 3. The molecule has 0 aliphatic carbocycles. The number of amides is 1. The molecule has 0 bridgehead atoms. The van der Waals surface area contributed by atoms with E-state index in [0.29, 0.717) is 13.0 Å². The standard InChI is InChI=1S/C18H24FNO3/c19-14-7-5-13(6-8-14)18(16-4-2-12-23-16)20-17(21)10-9-15-3-1-11-22-15/h5-8,15-16,18H,1-4,9-12H2,(H,20,21). The average molecular weight is 321 g/mol. The lowest BCUT2D eigenvalue weighted by Crippen LogP contribution is -2.36. The zero-order valence-electron chi connectivity index (χ0n) is 13.3. The van der Waals surface area contributed by atoms with E-state index in [1.54, 1.807) is 12.1 Å². The molecule has 0 saturated carbocycles. The van der Waals surface area contributed by atoms with Crippen molar-refractivity contribution in [1.29, 1.82) is 0 Å². The van der Waals surface area contributed by atoms with Gasteiger partial charge < -0.3 is 14.8 Å². The van der Waals surface area contributed by atoms with Crippen LogP contribution in [0.25, 0.3) is 0 Å². The van der Waals surface area contributed by atoms with Crippen molar-refractivity contribution in [2.24, 2.45) is 0 Å². The molecule has 2 fully saturated rings. The molecule has 2 saturated heterocycles. The molecule has 2 aliphatic heterocycles. The van der Waals surface area contributed by atoms with Crippen molar-refractivity contribution in [3.05, 3.63) is 35.6 Å². The molecular formula is C18H24FNO3. The fourth-order valence-corrected chi connectivity index (χ4v) is 3.34. The Morgan fingerprint density at radius 1 is 1.17 bits per heavy atom. The minimum atomic E-state index is -0.274. The number of carbonyl (C=O) groups is 1. The van der Waals surface area contributed by atoms with E-state index in [9.17, 15) is 9.18 Å². The number of nitrogens with one attached hydrogen (secondary N) is 1. The predicted molar refractivity (Wildman–Crippen MR) is 84.5 cm³/mol. The highest BCUT2D eigenvalue weighted by molar-refractivity contribution is 5.76. The van der Waals surface area contributed by atoms with Crippen LogP contribution in [0.1, 0.15) is 50.1 Å². The summed E-state index contributed by atoms with van der Waals surface area (Å²) in [4.78, 5) is 12.3. The molecule has 1 aromatic rings. The molecule has 1 N–H and O–H groups in total. The van der Waals surface area contributed by atoms with E-state index in [1.807, 2.05) is 0 Å². The average Bonchev–Trinajstić information content (AvgIpc) is 3.25. The van der Waals surface area contributed by atoms with Gasteiger partial charge in [-0.3, -0.25) is 4.79 Å². The summed E-state index contributed by atoms with van der Waals surface area (Å²) in [6.45, 7) is 1.52. The topological polar surface area (TPSA) is 47.6 Å². The smallest absolute Gasteiger partial charge is 0.220 e. The van der Waals surface area contributed by atoms with Gasteiger partial charge in [0.2, 0.25) is 5.91 Å². The van der Waals surface area contributed by atoms with E-state index in [1.165, 1.54) is 12.1 Å². The zero-order valence-corrected chi connectivity index (χ0v) is 13.3. The first-order chi connectivity index (χ1) is 11.2. The third kappa shape index (κ3) is 4.52. The maximum atomic E-state index is 13.2. The molecule has 2 heterocycles. The summed E-state index contributed by atoms with van der Waals surface area (Å²) in [5.41, 5.74) is 0.892. The van der Waals surface area contributed by atoms with Crippen LogP contribution in [0.5, 0.6) is 0 Å². The summed E-state index contributed by atoms with van der Waals surface area (Å²) in [7, 11) is 0. The Balaban J connectivity index is 1.60. The van der Waals surface area contributed by atoms with Gasteiger partial charge in [-0.15, -0.1) is 0 Å². The third-order valence-electron chi connectivity index (χ3n) is 4.60. The molecule has 4 nitrogen and oxygen atoms in total. The van der Waals surface area contributed by atoms with Crippen LogP contribution < -0.4 is 5.32 Å². The molecule has 5 heteroatoms. The third-order valence-corrected chi connectivity index (χ3v) is 4.60. The minimum Gasteiger partial charge on any atom is -0.378 e. The molecule has 23 heavy (non-hydrogen) atoms. The first-order valence-electron chi connectivity index (χ1n) is 8.50. The van der Waals surface area contributed by atoms with Crippen LogP contribution in [0.2, 0.25) is 0 Å². The minimum absolute atomic E-state index is 0.00493. The quantitative estimate of drug-likeness (QED) is 0.876. The first-order valence-corrected chi connectivity index (χ1v) is 8.50. The van der Waals surface area contributed by atoms with Crippen LogP contribution in [0.15, 0.2) is 24.3 Å². The van der Waals surface area contributed by atoms with Crippen molar-refractivity contribution in [2.45, 2.75) is 56.8 Å². The van der Waals surface area contributed by atoms with Gasteiger partial charge in [0.1, 0.15) is 5.82 Å². The van der Waals surface area contributed by atoms with Crippen molar-refractivity contribution in [3.63, 3.8) is 0 Å². The Labute approximate surface area is 136 Å². The summed E-state index contributed by atoms with van der Waals surface area (Å²) in [6.07, 6.45) is 5.42. The van der Waals surface area contributed by atoms with Gasteiger partial charge in [-0.2, -0.15) is 0 Å². The van der Waals surface area contributed by atoms with E-state index in [4.69, 9.17) is 9.47 Å². The van der Waals surface area contributed by atoms with Gasteiger partial charge in [0.05, 0.1) is 18.2 Å². The highest BCUT2D eigenvalue weighted by Crippen LogP contribution is 2.27. The molecule has 1 amide bonds. The Morgan fingerprint density at radius 2 is 1.91 bits per heavy atom. The normalized spacial score (nSPS) is 25.4. The number of halogens is 1. The number of hydrogen-bond donors (Lipinski definition) is 1. The zero-order chi connectivity index (χ0) is 16.1. The van der Waals surface area contributed by atoms with E-state index in [2.05, 4.69) is 5.32 Å². The van der Waals surface area contributed by atoms with Crippen LogP contribution in [0.4, 0.5) is 4.39 Å². The van der Waals surface area contributed by atoms with Crippen molar-refractivity contribution in [2.75, 3.05) is 13.2 Å². The molecule has 0 spiro atoms. The summed E-state index contributed by atoms with van der Waals surface area (Å²) >= 11 is 0. The fourth-order valence-electron chi connectivity index (χ4n) is 3.34. The molecule has 0 aromatic heterocycles. The molecule has 3 rings (SSSR count). The number of ether oxygens (including phenoxy) is 2. The van der Waals surface area contributed by atoms with Gasteiger partial charge >= 0.3 is 0 Å². The van der Waals surface area contributed by atoms with Crippen LogP contribution >= 0.6 is 0 Å². The molecule has 126 valence electrons.